The molecule has 0 fully saturated rings. The molecule has 0 aromatic rings. The summed E-state index contributed by atoms with van der Waals surface area (Å²) in [6.45, 7) is 4.05. The molecule has 0 saturated carbocycles. The van der Waals surface area contributed by atoms with E-state index in [0.29, 0.717) is 6.61 Å². The average molecular weight is 177 g/mol. The van der Waals surface area contributed by atoms with Crippen LogP contribution in [-0.2, 0) is 9.53 Å². The Kier molecular flexibility index (Phi) is 5.94. The monoisotopic (exact) mass is 176 g/mol. The Morgan fingerprint density at radius 3 is 2.82 bits per heavy atom. The molecule has 0 amide bonds. The van der Waals surface area contributed by atoms with Crippen molar-refractivity contribution in [3.8, 4) is 0 Å². The van der Waals surface area contributed by atoms with Gasteiger partial charge in [0, 0.05) is 0 Å². The van der Waals surface area contributed by atoms with Gasteiger partial charge in [-0.1, -0.05) is 12.2 Å². The van der Waals surface area contributed by atoms with Crippen LogP contribution in [0.3, 0.4) is 0 Å². The number of rotatable bonds is 4. The number of hydrogen-bond donors (Lipinski definition) is 0. The van der Waals surface area contributed by atoms with Gasteiger partial charge in [0.2, 0.25) is 0 Å². The molecule has 2 nitrogen and oxygen atoms in total. The zero-order valence-corrected chi connectivity index (χ0v) is 7.60. The Morgan fingerprint density at radius 1 is 1.73 bits per heavy atom. The van der Waals surface area contributed by atoms with Crippen LogP contribution in [0.5, 0.6) is 0 Å². The Morgan fingerprint density at radius 2 is 2.36 bits per heavy atom. The zero-order chi connectivity index (χ0) is 8.69. The third-order valence-electron chi connectivity index (χ3n) is 1.07. The first-order chi connectivity index (χ1) is 5.20. The smallest absolute Gasteiger partial charge is 0.307 e. The number of alkyl halides is 1. The van der Waals surface area contributed by atoms with Crippen molar-refractivity contribution in [3.05, 3.63) is 12.2 Å². The van der Waals surface area contributed by atoms with Crippen molar-refractivity contribution in [2.45, 2.75) is 25.6 Å². The van der Waals surface area contributed by atoms with Crippen molar-refractivity contribution in [1.29, 1.82) is 0 Å². The second-order valence-corrected chi connectivity index (χ2v) is 2.61. The number of allylic oxidation sites excluding steroid dienone is 2. The molecular weight excluding hydrogens is 164 g/mol. The number of carbonyl (C=O) groups is 1. The molecule has 0 aromatic carbocycles. The molecule has 64 valence electrons. The van der Waals surface area contributed by atoms with Gasteiger partial charge in [0.25, 0.3) is 0 Å². The molecule has 0 aromatic heterocycles. The van der Waals surface area contributed by atoms with Crippen molar-refractivity contribution >= 4 is 17.6 Å². The summed E-state index contributed by atoms with van der Waals surface area (Å²) < 4.78 is 4.70. The minimum atomic E-state index is -0.245. The van der Waals surface area contributed by atoms with Crippen LogP contribution in [0.15, 0.2) is 12.2 Å². The molecule has 0 saturated heterocycles. The van der Waals surface area contributed by atoms with Crippen LogP contribution >= 0.6 is 11.6 Å². The van der Waals surface area contributed by atoms with Crippen LogP contribution in [0, 0.1) is 0 Å². The van der Waals surface area contributed by atoms with Gasteiger partial charge >= 0.3 is 5.97 Å². The first kappa shape index (κ1) is 10.5. The highest BCUT2D eigenvalue weighted by molar-refractivity contribution is 6.22. The highest BCUT2D eigenvalue weighted by atomic mass is 35.5. The van der Waals surface area contributed by atoms with Crippen molar-refractivity contribution in [3.63, 3.8) is 0 Å². The Bertz CT molecular complexity index is 143. The molecule has 0 aliphatic rings. The predicted molar refractivity (Wildman–Crippen MR) is 45.7 cm³/mol. The molecule has 1 atom stereocenters. The predicted octanol–water partition coefficient (Wildman–Crippen LogP) is 2.12. The fourth-order valence-corrected chi connectivity index (χ4v) is 0.927. The van der Waals surface area contributed by atoms with Gasteiger partial charge in [0.05, 0.1) is 18.4 Å². The maximum absolute atomic E-state index is 10.8. The van der Waals surface area contributed by atoms with E-state index >= 15 is 0 Å². The molecule has 0 rings (SSSR count). The van der Waals surface area contributed by atoms with Gasteiger partial charge in [-0.05, 0) is 13.8 Å². The van der Waals surface area contributed by atoms with Crippen molar-refractivity contribution in [1.82, 2.24) is 0 Å². The van der Waals surface area contributed by atoms with Crippen LogP contribution in [0.4, 0.5) is 0 Å². The minimum Gasteiger partial charge on any atom is -0.466 e. The summed E-state index contributed by atoms with van der Waals surface area (Å²) in [5.41, 5.74) is 0. The van der Waals surface area contributed by atoms with Crippen LogP contribution in [0.1, 0.15) is 20.3 Å². The first-order valence-corrected chi connectivity index (χ1v) is 4.06. The van der Waals surface area contributed by atoms with Crippen molar-refractivity contribution in [2.75, 3.05) is 6.61 Å². The standard InChI is InChI=1S/C8H13ClO2/c1-3-5-7(9)6-8(10)11-4-2/h3,5,7H,4,6H2,1-2H3. The number of carbonyl (C=O) groups excluding carboxylic acids is 1. The van der Waals surface area contributed by atoms with Crippen molar-refractivity contribution < 1.29 is 9.53 Å². The van der Waals surface area contributed by atoms with Gasteiger partial charge in [0.15, 0.2) is 0 Å². The van der Waals surface area contributed by atoms with E-state index in [1.54, 1.807) is 13.0 Å². The van der Waals surface area contributed by atoms with E-state index in [4.69, 9.17) is 16.3 Å². The molecule has 3 heteroatoms. The summed E-state index contributed by atoms with van der Waals surface area (Å²) in [6, 6.07) is 0. The van der Waals surface area contributed by atoms with E-state index < -0.39 is 0 Å². The van der Waals surface area contributed by atoms with Crippen LogP contribution in [0.25, 0.3) is 0 Å². The molecule has 0 aliphatic heterocycles. The van der Waals surface area contributed by atoms with Gasteiger partial charge in [-0.25, -0.2) is 0 Å². The quantitative estimate of drug-likeness (QED) is 0.373. The van der Waals surface area contributed by atoms with E-state index in [2.05, 4.69) is 0 Å². The molecule has 0 heterocycles. The summed E-state index contributed by atoms with van der Waals surface area (Å²) in [7, 11) is 0. The molecule has 0 aliphatic carbocycles. The van der Waals surface area contributed by atoms with E-state index in [1.807, 2.05) is 13.0 Å². The lowest BCUT2D eigenvalue weighted by Crippen LogP contribution is -2.09. The van der Waals surface area contributed by atoms with Gasteiger partial charge in [-0.3, -0.25) is 4.79 Å². The number of esters is 1. The zero-order valence-electron chi connectivity index (χ0n) is 6.84. The lowest BCUT2D eigenvalue weighted by molar-refractivity contribution is -0.142. The lowest BCUT2D eigenvalue weighted by atomic mass is 10.3. The summed E-state index contributed by atoms with van der Waals surface area (Å²) >= 11 is 5.72. The molecule has 11 heavy (non-hydrogen) atoms. The second-order valence-electron chi connectivity index (χ2n) is 2.05. The topological polar surface area (TPSA) is 26.3 Å². The summed E-state index contributed by atoms with van der Waals surface area (Å²) in [5.74, 6) is -0.245. The summed E-state index contributed by atoms with van der Waals surface area (Å²) in [5, 5.41) is -0.237. The Labute approximate surface area is 72.2 Å². The number of hydrogen-bond acceptors (Lipinski definition) is 2. The maximum Gasteiger partial charge on any atom is 0.307 e. The lowest BCUT2D eigenvalue weighted by Gasteiger charge is -2.02. The SMILES string of the molecule is CC=CC(Cl)CC(=O)OCC. The average Bonchev–Trinajstić information content (AvgIpc) is 1.87. The third kappa shape index (κ3) is 5.92. The fourth-order valence-electron chi connectivity index (χ4n) is 0.656. The highest BCUT2D eigenvalue weighted by Crippen LogP contribution is 2.04. The van der Waals surface area contributed by atoms with Gasteiger partial charge in [0.1, 0.15) is 0 Å². The molecule has 0 bridgehead atoms. The molecule has 1 unspecified atom stereocenters. The van der Waals surface area contributed by atoms with Crippen LogP contribution in [0.2, 0.25) is 0 Å². The Hall–Kier alpha value is -0.500. The summed E-state index contributed by atoms with van der Waals surface area (Å²) in [6.07, 6.45) is 3.83. The van der Waals surface area contributed by atoms with E-state index in [-0.39, 0.29) is 17.8 Å². The third-order valence-corrected chi connectivity index (χ3v) is 1.37. The maximum atomic E-state index is 10.8. The van der Waals surface area contributed by atoms with Crippen LogP contribution in [-0.4, -0.2) is 18.0 Å². The minimum absolute atomic E-state index is 0.237. The molecule has 0 spiro atoms. The number of ether oxygens (including phenoxy) is 1. The molecule has 0 radical (unpaired) electrons. The van der Waals surface area contributed by atoms with Gasteiger partial charge in [-0.2, -0.15) is 0 Å². The van der Waals surface area contributed by atoms with Crippen molar-refractivity contribution in [2.24, 2.45) is 0 Å². The first-order valence-electron chi connectivity index (χ1n) is 3.63. The second kappa shape index (κ2) is 6.23. The Balaban J connectivity index is 3.57. The largest absolute Gasteiger partial charge is 0.466 e. The molecule has 0 N–H and O–H groups in total. The fraction of sp³-hybridized carbons (Fsp3) is 0.625. The summed E-state index contributed by atoms with van der Waals surface area (Å²) in [4.78, 5) is 10.8. The highest BCUT2D eigenvalue weighted by Gasteiger charge is 2.07. The van der Waals surface area contributed by atoms with E-state index in [9.17, 15) is 4.79 Å². The van der Waals surface area contributed by atoms with Gasteiger partial charge < -0.3 is 4.74 Å². The van der Waals surface area contributed by atoms with Crippen LogP contribution < -0.4 is 0 Å². The van der Waals surface area contributed by atoms with E-state index in [0.717, 1.165) is 0 Å². The normalized spacial score (nSPS) is 13.4. The van der Waals surface area contributed by atoms with Gasteiger partial charge in [-0.15, -0.1) is 11.6 Å². The molecular formula is C8H13ClO2. The number of halogens is 1. The van der Waals surface area contributed by atoms with E-state index in [1.165, 1.54) is 0 Å².